The van der Waals surface area contributed by atoms with Crippen molar-refractivity contribution in [3.05, 3.63) is 30.1 Å². The van der Waals surface area contributed by atoms with Gasteiger partial charge in [0.25, 0.3) is 5.89 Å². The first-order valence-electron chi connectivity index (χ1n) is 6.43. The van der Waals surface area contributed by atoms with E-state index in [4.69, 9.17) is 15.0 Å². The number of aromatic nitrogens is 2. The third-order valence-corrected chi connectivity index (χ3v) is 3.19. The number of ether oxygens (including phenoxy) is 1. The molecule has 0 aliphatic rings. The number of benzene rings is 1. The highest BCUT2D eigenvalue weighted by Crippen LogP contribution is 2.28. The average Bonchev–Trinajstić information content (AvgIpc) is 2.90. The second-order valence-corrected chi connectivity index (χ2v) is 4.56. The summed E-state index contributed by atoms with van der Waals surface area (Å²) in [6.07, 6.45) is 0.779. The van der Waals surface area contributed by atoms with E-state index < -0.39 is 5.60 Å². The summed E-state index contributed by atoms with van der Waals surface area (Å²) in [5.74, 6) is 1.05. The molecular weight excluding hydrogens is 242 g/mol. The molecule has 1 atom stereocenters. The molecule has 0 spiro atoms. The van der Waals surface area contributed by atoms with Gasteiger partial charge in [0.1, 0.15) is 5.60 Å². The fourth-order valence-electron chi connectivity index (χ4n) is 1.82. The number of nitrogens with zero attached hydrogens (tertiary/aromatic N) is 2. The normalized spacial score (nSPS) is 14.3. The summed E-state index contributed by atoms with van der Waals surface area (Å²) in [5.41, 5.74) is 6.70. The van der Waals surface area contributed by atoms with Gasteiger partial charge in [0.15, 0.2) is 0 Å². The molecule has 0 aliphatic carbocycles. The smallest absolute Gasteiger partial charge is 0.258 e. The zero-order valence-corrected chi connectivity index (χ0v) is 11.5. The van der Waals surface area contributed by atoms with E-state index in [0.29, 0.717) is 24.0 Å². The maximum Gasteiger partial charge on any atom is 0.258 e. The van der Waals surface area contributed by atoms with E-state index in [1.165, 1.54) is 0 Å². The largest absolute Gasteiger partial charge is 0.399 e. The summed E-state index contributed by atoms with van der Waals surface area (Å²) in [7, 11) is 0. The van der Waals surface area contributed by atoms with Crippen LogP contribution in [0.1, 0.15) is 33.0 Å². The molecule has 1 aromatic heterocycles. The van der Waals surface area contributed by atoms with E-state index in [9.17, 15) is 0 Å². The molecule has 102 valence electrons. The Labute approximate surface area is 112 Å². The van der Waals surface area contributed by atoms with Crippen LogP contribution in [0.2, 0.25) is 0 Å². The predicted molar refractivity (Wildman–Crippen MR) is 73.4 cm³/mol. The minimum absolute atomic E-state index is 0.481. The fourth-order valence-corrected chi connectivity index (χ4v) is 1.82. The topological polar surface area (TPSA) is 74.2 Å². The van der Waals surface area contributed by atoms with Gasteiger partial charge in [-0.25, -0.2) is 0 Å². The first kappa shape index (κ1) is 13.5. The summed E-state index contributed by atoms with van der Waals surface area (Å²) in [5, 5.41) is 4.03. The van der Waals surface area contributed by atoms with Crippen molar-refractivity contribution in [1.82, 2.24) is 10.1 Å². The Morgan fingerprint density at radius 3 is 2.53 bits per heavy atom. The summed E-state index contributed by atoms with van der Waals surface area (Å²) in [6, 6.07) is 7.33. The molecule has 0 radical (unpaired) electrons. The van der Waals surface area contributed by atoms with Crippen molar-refractivity contribution in [3.63, 3.8) is 0 Å². The van der Waals surface area contributed by atoms with E-state index in [1.807, 2.05) is 32.9 Å². The molecule has 0 aliphatic heterocycles. The molecule has 0 amide bonds. The average molecular weight is 261 g/mol. The van der Waals surface area contributed by atoms with E-state index >= 15 is 0 Å². The van der Waals surface area contributed by atoms with Crippen LogP contribution in [0.15, 0.2) is 28.8 Å². The summed E-state index contributed by atoms with van der Waals surface area (Å²) in [6.45, 7) is 6.56. The Morgan fingerprint density at radius 2 is 1.95 bits per heavy atom. The molecule has 0 fully saturated rings. The number of nitrogens with two attached hydrogens (primary N) is 1. The first-order valence-corrected chi connectivity index (χ1v) is 6.43. The summed E-state index contributed by atoms with van der Waals surface area (Å²) >= 11 is 0. The number of hydrogen-bond acceptors (Lipinski definition) is 5. The molecule has 1 aromatic carbocycles. The van der Waals surface area contributed by atoms with Crippen molar-refractivity contribution in [2.75, 3.05) is 12.3 Å². The molecule has 1 heterocycles. The van der Waals surface area contributed by atoms with Crippen LogP contribution in [0, 0.1) is 0 Å². The minimum Gasteiger partial charge on any atom is -0.399 e. The molecule has 0 saturated carbocycles. The van der Waals surface area contributed by atoms with Gasteiger partial charge in [-0.2, -0.15) is 4.98 Å². The van der Waals surface area contributed by atoms with E-state index in [0.717, 1.165) is 12.0 Å². The molecule has 5 nitrogen and oxygen atoms in total. The second kappa shape index (κ2) is 5.40. The van der Waals surface area contributed by atoms with Crippen molar-refractivity contribution in [1.29, 1.82) is 0 Å². The zero-order chi connectivity index (χ0) is 13.9. The second-order valence-electron chi connectivity index (χ2n) is 4.56. The third kappa shape index (κ3) is 2.76. The van der Waals surface area contributed by atoms with Crippen LogP contribution < -0.4 is 5.73 Å². The van der Waals surface area contributed by atoms with Gasteiger partial charge < -0.3 is 15.0 Å². The van der Waals surface area contributed by atoms with E-state index in [2.05, 4.69) is 10.1 Å². The maximum atomic E-state index is 5.73. The lowest BCUT2D eigenvalue weighted by atomic mass is 10.0. The highest BCUT2D eigenvalue weighted by Gasteiger charge is 2.31. The van der Waals surface area contributed by atoms with Crippen LogP contribution in [0.4, 0.5) is 5.69 Å². The molecule has 0 bridgehead atoms. The van der Waals surface area contributed by atoms with Crippen LogP contribution in [-0.4, -0.2) is 16.7 Å². The van der Waals surface area contributed by atoms with Gasteiger partial charge in [-0.1, -0.05) is 12.1 Å². The maximum absolute atomic E-state index is 5.73. The van der Waals surface area contributed by atoms with Gasteiger partial charge in [-0.15, -0.1) is 0 Å². The molecule has 1 unspecified atom stereocenters. The number of rotatable bonds is 5. The van der Waals surface area contributed by atoms with Crippen LogP contribution in [0.3, 0.4) is 0 Å². The SMILES string of the molecule is CCOC(C)(CC)c1noc(-c2ccc(N)cc2)n1. The van der Waals surface area contributed by atoms with Crippen molar-refractivity contribution in [3.8, 4) is 11.5 Å². The van der Waals surface area contributed by atoms with Gasteiger partial charge >= 0.3 is 0 Å². The summed E-state index contributed by atoms with van der Waals surface area (Å²) < 4.78 is 11.0. The van der Waals surface area contributed by atoms with Crippen molar-refractivity contribution < 1.29 is 9.26 Å². The Hall–Kier alpha value is -1.88. The van der Waals surface area contributed by atoms with Crippen LogP contribution in [0.25, 0.3) is 11.5 Å². The first-order chi connectivity index (χ1) is 9.09. The molecule has 0 saturated heterocycles. The van der Waals surface area contributed by atoms with Crippen molar-refractivity contribution >= 4 is 5.69 Å². The Balaban J connectivity index is 2.30. The zero-order valence-electron chi connectivity index (χ0n) is 11.5. The predicted octanol–water partition coefficient (Wildman–Crippen LogP) is 2.98. The number of nitrogen functional groups attached to an aromatic ring is 1. The van der Waals surface area contributed by atoms with Crippen LogP contribution >= 0.6 is 0 Å². The van der Waals surface area contributed by atoms with Crippen LogP contribution in [-0.2, 0) is 10.3 Å². The lowest BCUT2D eigenvalue weighted by molar-refractivity contribution is -0.0403. The molecule has 2 N–H and O–H groups in total. The van der Waals surface area contributed by atoms with Crippen molar-refractivity contribution in [2.24, 2.45) is 0 Å². The van der Waals surface area contributed by atoms with Crippen LogP contribution in [0.5, 0.6) is 0 Å². The number of anilines is 1. The standard InChI is InChI=1S/C14H19N3O2/c1-4-14(3,18-5-2)13-16-12(19-17-13)10-6-8-11(15)9-7-10/h6-9H,4-5,15H2,1-3H3. The van der Waals surface area contributed by atoms with Gasteiger partial charge in [-0.3, -0.25) is 0 Å². The molecule has 2 rings (SSSR count). The lowest BCUT2D eigenvalue weighted by Crippen LogP contribution is -2.26. The van der Waals surface area contributed by atoms with Gasteiger partial charge in [0.05, 0.1) is 0 Å². The summed E-state index contributed by atoms with van der Waals surface area (Å²) in [4.78, 5) is 4.43. The van der Waals surface area contributed by atoms with E-state index in [-0.39, 0.29) is 0 Å². The third-order valence-electron chi connectivity index (χ3n) is 3.19. The quantitative estimate of drug-likeness (QED) is 0.837. The highest BCUT2D eigenvalue weighted by molar-refractivity contribution is 5.56. The highest BCUT2D eigenvalue weighted by atomic mass is 16.5. The Bertz CT molecular complexity index is 536. The molecule has 19 heavy (non-hydrogen) atoms. The van der Waals surface area contributed by atoms with Gasteiger partial charge in [0.2, 0.25) is 5.82 Å². The molecule has 2 aromatic rings. The Morgan fingerprint density at radius 1 is 1.26 bits per heavy atom. The molecule has 5 heteroatoms. The minimum atomic E-state index is -0.510. The Kier molecular flexibility index (Phi) is 3.85. The molecular formula is C14H19N3O2. The van der Waals surface area contributed by atoms with Crippen molar-refractivity contribution in [2.45, 2.75) is 32.8 Å². The fraction of sp³-hybridized carbons (Fsp3) is 0.429. The van der Waals surface area contributed by atoms with Gasteiger partial charge in [-0.05, 0) is 44.5 Å². The van der Waals surface area contributed by atoms with Gasteiger partial charge in [0, 0.05) is 17.9 Å². The lowest BCUT2D eigenvalue weighted by Gasteiger charge is -2.23. The number of hydrogen-bond donors (Lipinski definition) is 1. The van der Waals surface area contributed by atoms with E-state index in [1.54, 1.807) is 12.1 Å². The monoisotopic (exact) mass is 261 g/mol.